The van der Waals surface area contributed by atoms with Crippen LogP contribution in [0.3, 0.4) is 0 Å². The van der Waals surface area contributed by atoms with E-state index in [2.05, 4.69) is 4.74 Å². The average Bonchev–Trinajstić information content (AvgIpc) is 3.20. The molecule has 0 radical (unpaired) electrons. The maximum Gasteiger partial charge on any atom is 0.387 e. The monoisotopic (exact) mass is 403 g/mol. The van der Waals surface area contributed by atoms with Gasteiger partial charge in [-0.3, -0.25) is 4.79 Å². The van der Waals surface area contributed by atoms with E-state index in [4.69, 9.17) is 4.74 Å². The van der Waals surface area contributed by atoms with Crippen LogP contribution in [0.25, 0.3) is 0 Å². The van der Waals surface area contributed by atoms with Crippen LogP contribution in [0.4, 0.5) is 8.78 Å². The highest BCUT2D eigenvalue weighted by Gasteiger charge is 2.19. The highest BCUT2D eigenvalue weighted by atomic mass is 32.1. The SMILES string of the molecule is COc1ccccc1CN(Cc1cccs1)C(=O)c1ccc(OC(F)F)cc1. The Bertz CT molecular complexity index is 898. The predicted octanol–water partition coefficient (Wildman–Crippen LogP) is 5.20. The van der Waals surface area contributed by atoms with Gasteiger partial charge in [0.05, 0.1) is 20.2 Å². The molecule has 0 saturated carbocycles. The number of thiophene rings is 1. The molecule has 7 heteroatoms. The fourth-order valence-electron chi connectivity index (χ4n) is 2.79. The summed E-state index contributed by atoms with van der Waals surface area (Å²) in [6, 6.07) is 17.1. The fraction of sp³-hybridized carbons (Fsp3) is 0.190. The van der Waals surface area contributed by atoms with E-state index in [1.165, 1.54) is 24.3 Å². The summed E-state index contributed by atoms with van der Waals surface area (Å²) < 4.78 is 34.4. The average molecular weight is 403 g/mol. The van der Waals surface area contributed by atoms with Crippen molar-refractivity contribution in [3.8, 4) is 11.5 Å². The molecule has 0 saturated heterocycles. The third-order valence-electron chi connectivity index (χ3n) is 4.09. The van der Waals surface area contributed by atoms with Crippen molar-refractivity contribution < 1.29 is 23.0 Å². The summed E-state index contributed by atoms with van der Waals surface area (Å²) in [5, 5.41) is 1.96. The summed E-state index contributed by atoms with van der Waals surface area (Å²) in [6.07, 6.45) is 0. The van der Waals surface area contributed by atoms with Gasteiger partial charge < -0.3 is 14.4 Å². The second-order valence-electron chi connectivity index (χ2n) is 5.96. The first-order valence-corrected chi connectivity index (χ1v) is 9.43. The van der Waals surface area contributed by atoms with E-state index in [9.17, 15) is 13.6 Å². The van der Waals surface area contributed by atoms with Crippen LogP contribution >= 0.6 is 11.3 Å². The Labute approximate surface area is 165 Å². The maximum atomic E-state index is 13.1. The molecule has 0 spiro atoms. The molecule has 1 amide bonds. The van der Waals surface area contributed by atoms with Gasteiger partial charge in [0.1, 0.15) is 11.5 Å². The Morgan fingerprint density at radius 2 is 1.79 bits per heavy atom. The van der Waals surface area contributed by atoms with Crippen LogP contribution in [0.1, 0.15) is 20.8 Å². The van der Waals surface area contributed by atoms with Crippen molar-refractivity contribution in [2.45, 2.75) is 19.7 Å². The molecule has 0 atom stereocenters. The number of hydrogen-bond acceptors (Lipinski definition) is 4. The molecular formula is C21H19F2NO3S. The van der Waals surface area contributed by atoms with Gasteiger partial charge in [-0.1, -0.05) is 24.3 Å². The normalized spacial score (nSPS) is 10.7. The quantitative estimate of drug-likeness (QED) is 0.519. The van der Waals surface area contributed by atoms with Crippen LogP contribution in [-0.2, 0) is 13.1 Å². The van der Waals surface area contributed by atoms with E-state index in [1.54, 1.807) is 23.3 Å². The Morgan fingerprint density at radius 1 is 1.04 bits per heavy atom. The minimum Gasteiger partial charge on any atom is -0.496 e. The number of methoxy groups -OCH3 is 1. The number of carbonyl (C=O) groups is 1. The van der Waals surface area contributed by atoms with E-state index >= 15 is 0 Å². The molecule has 2 aromatic carbocycles. The van der Waals surface area contributed by atoms with Gasteiger partial charge in [-0.2, -0.15) is 8.78 Å². The number of carbonyl (C=O) groups excluding carboxylic acids is 1. The molecule has 0 bridgehead atoms. The molecule has 0 unspecified atom stereocenters. The van der Waals surface area contributed by atoms with E-state index < -0.39 is 6.61 Å². The number of alkyl halides is 2. The number of nitrogens with zero attached hydrogens (tertiary/aromatic N) is 1. The van der Waals surface area contributed by atoms with Crippen molar-refractivity contribution in [3.05, 3.63) is 82.0 Å². The minimum absolute atomic E-state index is 0.0149. The molecule has 3 rings (SSSR count). The molecule has 3 aromatic rings. The van der Waals surface area contributed by atoms with Crippen LogP contribution in [-0.4, -0.2) is 24.5 Å². The molecule has 0 N–H and O–H groups in total. The van der Waals surface area contributed by atoms with E-state index in [-0.39, 0.29) is 11.7 Å². The maximum absolute atomic E-state index is 13.1. The fourth-order valence-corrected chi connectivity index (χ4v) is 3.51. The van der Waals surface area contributed by atoms with Crippen LogP contribution in [0, 0.1) is 0 Å². The lowest BCUT2D eigenvalue weighted by atomic mass is 10.1. The Morgan fingerprint density at radius 3 is 2.43 bits per heavy atom. The lowest BCUT2D eigenvalue weighted by Gasteiger charge is -2.23. The van der Waals surface area contributed by atoms with Gasteiger partial charge >= 0.3 is 6.61 Å². The second-order valence-corrected chi connectivity index (χ2v) is 6.99. The molecule has 28 heavy (non-hydrogen) atoms. The number of benzene rings is 2. The zero-order valence-electron chi connectivity index (χ0n) is 15.2. The van der Waals surface area contributed by atoms with E-state index in [0.717, 1.165) is 10.4 Å². The Kier molecular flexibility index (Phi) is 6.60. The van der Waals surface area contributed by atoms with Crippen molar-refractivity contribution in [1.82, 2.24) is 4.90 Å². The van der Waals surface area contributed by atoms with Crippen molar-refractivity contribution in [1.29, 1.82) is 0 Å². The number of para-hydroxylation sites is 1. The highest BCUT2D eigenvalue weighted by molar-refractivity contribution is 7.09. The Balaban J connectivity index is 1.84. The first-order chi connectivity index (χ1) is 13.6. The van der Waals surface area contributed by atoms with Gasteiger partial charge in [0, 0.05) is 16.0 Å². The van der Waals surface area contributed by atoms with Crippen molar-refractivity contribution in [3.63, 3.8) is 0 Å². The van der Waals surface area contributed by atoms with Crippen LogP contribution < -0.4 is 9.47 Å². The topological polar surface area (TPSA) is 38.8 Å². The summed E-state index contributed by atoms with van der Waals surface area (Å²) in [4.78, 5) is 15.9. The first-order valence-electron chi connectivity index (χ1n) is 8.55. The van der Waals surface area contributed by atoms with Gasteiger partial charge in [0.2, 0.25) is 0 Å². The molecular weight excluding hydrogens is 384 g/mol. The van der Waals surface area contributed by atoms with Gasteiger partial charge in [-0.15, -0.1) is 11.3 Å². The third-order valence-corrected chi connectivity index (χ3v) is 4.96. The number of amides is 1. The highest BCUT2D eigenvalue weighted by Crippen LogP contribution is 2.24. The van der Waals surface area contributed by atoms with Crippen molar-refractivity contribution in [2.75, 3.05) is 7.11 Å². The van der Waals surface area contributed by atoms with Gasteiger partial charge in [-0.05, 0) is 41.8 Å². The molecule has 0 aliphatic carbocycles. The second kappa shape index (κ2) is 9.32. The first kappa shape index (κ1) is 19.8. The molecule has 1 aromatic heterocycles. The van der Waals surface area contributed by atoms with Gasteiger partial charge in [-0.25, -0.2) is 0 Å². The van der Waals surface area contributed by atoms with Gasteiger partial charge in [0.25, 0.3) is 5.91 Å². The number of ether oxygens (including phenoxy) is 2. The molecule has 0 aliphatic rings. The van der Waals surface area contributed by atoms with Crippen molar-refractivity contribution in [2.24, 2.45) is 0 Å². The summed E-state index contributed by atoms with van der Waals surface area (Å²) >= 11 is 1.57. The smallest absolute Gasteiger partial charge is 0.387 e. The zero-order chi connectivity index (χ0) is 19.9. The Hall–Kier alpha value is -2.93. The third kappa shape index (κ3) is 5.07. The van der Waals surface area contributed by atoms with Crippen LogP contribution in [0.2, 0.25) is 0 Å². The zero-order valence-corrected chi connectivity index (χ0v) is 16.0. The van der Waals surface area contributed by atoms with E-state index in [1.807, 2.05) is 41.8 Å². The summed E-state index contributed by atoms with van der Waals surface area (Å²) in [5.41, 5.74) is 1.28. The van der Waals surface area contributed by atoms with Gasteiger partial charge in [0.15, 0.2) is 0 Å². The standard InChI is InChI=1S/C21H19F2NO3S/c1-26-19-7-3-2-5-16(19)13-24(14-18-6-4-12-28-18)20(25)15-8-10-17(11-9-15)27-21(22)23/h2-12,21H,13-14H2,1H3. The molecule has 146 valence electrons. The largest absolute Gasteiger partial charge is 0.496 e. The number of rotatable bonds is 8. The lowest BCUT2D eigenvalue weighted by Crippen LogP contribution is -2.30. The van der Waals surface area contributed by atoms with Crippen molar-refractivity contribution >= 4 is 17.2 Å². The number of halogens is 2. The van der Waals surface area contributed by atoms with Crippen LogP contribution in [0.5, 0.6) is 11.5 Å². The molecule has 4 nitrogen and oxygen atoms in total. The molecule has 0 fully saturated rings. The molecule has 1 heterocycles. The summed E-state index contributed by atoms with van der Waals surface area (Å²) in [6.45, 7) is -2.11. The lowest BCUT2D eigenvalue weighted by molar-refractivity contribution is -0.0498. The predicted molar refractivity (Wildman–Crippen MR) is 104 cm³/mol. The van der Waals surface area contributed by atoms with E-state index in [0.29, 0.717) is 24.4 Å². The summed E-state index contributed by atoms with van der Waals surface area (Å²) in [5.74, 6) is 0.510. The van der Waals surface area contributed by atoms with Crippen LogP contribution in [0.15, 0.2) is 66.0 Å². The number of hydrogen-bond donors (Lipinski definition) is 0. The summed E-state index contributed by atoms with van der Waals surface area (Å²) in [7, 11) is 1.59. The minimum atomic E-state index is -2.90. The molecule has 0 aliphatic heterocycles.